The zero-order chi connectivity index (χ0) is 25.7. The van der Waals surface area contributed by atoms with Gasteiger partial charge in [0.2, 0.25) is 10.0 Å². The second-order valence-corrected chi connectivity index (χ2v) is 11.2. The lowest BCUT2D eigenvalue weighted by Crippen LogP contribution is -2.48. The molecular weight excluding hydrogens is 476 g/mol. The van der Waals surface area contributed by atoms with Gasteiger partial charge >= 0.3 is 0 Å². The van der Waals surface area contributed by atoms with E-state index in [1.165, 1.54) is 15.9 Å². The van der Waals surface area contributed by atoms with E-state index in [9.17, 15) is 18.5 Å². The molecule has 1 fully saturated rings. The topological polar surface area (TPSA) is 95.8 Å². The highest BCUT2D eigenvalue weighted by Crippen LogP contribution is 2.31. The normalized spacial score (nSPS) is 15.4. The van der Waals surface area contributed by atoms with Crippen LogP contribution in [0.1, 0.15) is 24.5 Å². The Kier molecular flexibility index (Phi) is 7.91. The standard InChI is InChI=1S/C27H32N4O4S/c1-21-8-13-25(14-9-21)36(34,35)30-18-16-29(17-19-30)24-12-15-27(31(32)33)26(20-24)28-22(2)10-11-23-6-4-3-5-7-23/h3-9,12-15,20,22,28H,10-11,16-19H2,1-2H3/t22-/m0/s1. The third-order valence-corrected chi connectivity index (χ3v) is 8.46. The van der Waals surface area contributed by atoms with E-state index in [0.717, 1.165) is 24.1 Å². The average molecular weight is 509 g/mol. The Morgan fingerprint density at radius 1 is 0.972 bits per heavy atom. The van der Waals surface area contributed by atoms with Crippen LogP contribution in [0.3, 0.4) is 0 Å². The smallest absolute Gasteiger partial charge is 0.292 e. The van der Waals surface area contributed by atoms with E-state index in [4.69, 9.17) is 0 Å². The number of nitrogens with one attached hydrogen (secondary N) is 1. The molecule has 0 radical (unpaired) electrons. The summed E-state index contributed by atoms with van der Waals surface area (Å²) in [6.07, 6.45) is 1.71. The molecule has 1 heterocycles. The van der Waals surface area contributed by atoms with Crippen LogP contribution in [-0.4, -0.2) is 49.9 Å². The van der Waals surface area contributed by atoms with E-state index in [0.29, 0.717) is 36.8 Å². The molecule has 4 rings (SSSR count). The van der Waals surface area contributed by atoms with E-state index in [2.05, 4.69) is 22.3 Å². The van der Waals surface area contributed by atoms with Crippen LogP contribution in [0.5, 0.6) is 0 Å². The largest absolute Gasteiger partial charge is 0.377 e. The van der Waals surface area contributed by atoms with E-state index in [1.807, 2.05) is 32.0 Å². The minimum atomic E-state index is -3.55. The summed E-state index contributed by atoms with van der Waals surface area (Å²) in [5.41, 5.74) is 3.59. The molecule has 3 aromatic rings. The molecule has 8 nitrogen and oxygen atoms in total. The predicted molar refractivity (Wildman–Crippen MR) is 143 cm³/mol. The first-order valence-corrected chi connectivity index (χ1v) is 13.6. The van der Waals surface area contributed by atoms with Crippen LogP contribution in [0.25, 0.3) is 0 Å². The molecule has 9 heteroatoms. The van der Waals surface area contributed by atoms with Gasteiger partial charge in [-0.3, -0.25) is 10.1 Å². The molecule has 1 N–H and O–H groups in total. The van der Waals surface area contributed by atoms with Gasteiger partial charge in [0.05, 0.1) is 9.82 Å². The number of aryl methyl sites for hydroxylation is 2. The molecule has 0 bridgehead atoms. The first-order chi connectivity index (χ1) is 17.2. The van der Waals surface area contributed by atoms with Crippen LogP contribution in [0.15, 0.2) is 77.7 Å². The highest BCUT2D eigenvalue weighted by molar-refractivity contribution is 7.89. The second-order valence-electron chi connectivity index (χ2n) is 9.23. The monoisotopic (exact) mass is 508 g/mol. The van der Waals surface area contributed by atoms with Gasteiger partial charge in [-0.2, -0.15) is 4.31 Å². The van der Waals surface area contributed by atoms with E-state index in [1.54, 1.807) is 36.4 Å². The van der Waals surface area contributed by atoms with Gasteiger partial charge in [-0.25, -0.2) is 8.42 Å². The zero-order valence-corrected chi connectivity index (χ0v) is 21.4. The summed E-state index contributed by atoms with van der Waals surface area (Å²) in [6, 6.07) is 22.2. The Morgan fingerprint density at radius 3 is 2.28 bits per heavy atom. The molecule has 1 atom stereocenters. The molecule has 1 aliphatic heterocycles. The zero-order valence-electron chi connectivity index (χ0n) is 20.6. The number of piperazine rings is 1. The maximum Gasteiger partial charge on any atom is 0.292 e. The summed E-state index contributed by atoms with van der Waals surface area (Å²) in [7, 11) is -3.55. The van der Waals surface area contributed by atoms with Crippen molar-refractivity contribution in [2.75, 3.05) is 36.4 Å². The Balaban J connectivity index is 1.43. The minimum absolute atomic E-state index is 0.0332. The van der Waals surface area contributed by atoms with Crippen LogP contribution >= 0.6 is 0 Å². The third-order valence-electron chi connectivity index (χ3n) is 6.55. The van der Waals surface area contributed by atoms with Crippen molar-refractivity contribution in [1.29, 1.82) is 0 Å². The molecule has 0 spiro atoms. The molecule has 3 aromatic carbocycles. The number of hydrogen-bond donors (Lipinski definition) is 1. The minimum Gasteiger partial charge on any atom is -0.377 e. The van der Waals surface area contributed by atoms with Gasteiger partial charge in [-0.1, -0.05) is 48.0 Å². The van der Waals surface area contributed by atoms with Crippen molar-refractivity contribution in [2.24, 2.45) is 0 Å². The van der Waals surface area contributed by atoms with Crippen LogP contribution in [0.4, 0.5) is 17.1 Å². The van der Waals surface area contributed by atoms with Crippen molar-refractivity contribution in [1.82, 2.24) is 4.31 Å². The molecule has 36 heavy (non-hydrogen) atoms. The summed E-state index contributed by atoms with van der Waals surface area (Å²) in [5.74, 6) is 0. The molecular formula is C27H32N4O4S. The highest BCUT2D eigenvalue weighted by Gasteiger charge is 2.29. The van der Waals surface area contributed by atoms with Crippen molar-refractivity contribution in [3.05, 3.63) is 94.0 Å². The molecule has 0 aromatic heterocycles. The van der Waals surface area contributed by atoms with Crippen molar-refractivity contribution in [3.63, 3.8) is 0 Å². The van der Waals surface area contributed by atoms with Gasteiger partial charge in [0.1, 0.15) is 5.69 Å². The lowest BCUT2D eigenvalue weighted by atomic mass is 10.1. The van der Waals surface area contributed by atoms with Gasteiger partial charge < -0.3 is 10.2 Å². The number of benzene rings is 3. The van der Waals surface area contributed by atoms with Crippen molar-refractivity contribution >= 4 is 27.1 Å². The van der Waals surface area contributed by atoms with Crippen molar-refractivity contribution in [2.45, 2.75) is 37.6 Å². The number of nitro groups is 1. The lowest BCUT2D eigenvalue weighted by Gasteiger charge is -2.35. The third kappa shape index (κ3) is 6.03. The number of hydrogen-bond acceptors (Lipinski definition) is 6. The second kappa shape index (κ2) is 11.1. The van der Waals surface area contributed by atoms with E-state index < -0.39 is 10.0 Å². The van der Waals surface area contributed by atoms with Crippen LogP contribution in [0, 0.1) is 17.0 Å². The number of anilines is 2. The molecule has 0 unspecified atom stereocenters. The fourth-order valence-corrected chi connectivity index (χ4v) is 5.83. The molecule has 1 saturated heterocycles. The Morgan fingerprint density at radius 2 is 1.64 bits per heavy atom. The fourth-order valence-electron chi connectivity index (χ4n) is 4.41. The first kappa shape index (κ1) is 25.7. The maximum absolute atomic E-state index is 13.0. The molecule has 0 aliphatic carbocycles. The number of rotatable bonds is 9. The van der Waals surface area contributed by atoms with Gasteiger partial charge in [-0.15, -0.1) is 0 Å². The van der Waals surface area contributed by atoms with Crippen molar-refractivity contribution in [3.8, 4) is 0 Å². The van der Waals surface area contributed by atoms with E-state index >= 15 is 0 Å². The Labute approximate surface area is 212 Å². The van der Waals surface area contributed by atoms with Gasteiger partial charge in [0.25, 0.3) is 5.69 Å². The summed E-state index contributed by atoms with van der Waals surface area (Å²) in [6.45, 7) is 5.66. The Hall–Kier alpha value is -3.43. The summed E-state index contributed by atoms with van der Waals surface area (Å²) < 4.78 is 27.6. The maximum atomic E-state index is 13.0. The lowest BCUT2D eigenvalue weighted by molar-refractivity contribution is -0.384. The quantitative estimate of drug-likeness (QED) is 0.328. The SMILES string of the molecule is Cc1ccc(S(=O)(=O)N2CCN(c3ccc([N+](=O)[O-])c(N[C@@H](C)CCc4ccccc4)c3)CC2)cc1. The highest BCUT2D eigenvalue weighted by atomic mass is 32.2. The van der Waals surface area contributed by atoms with Crippen molar-refractivity contribution < 1.29 is 13.3 Å². The summed E-state index contributed by atoms with van der Waals surface area (Å²) in [5, 5.41) is 15.0. The number of nitrogens with zero attached hydrogens (tertiary/aromatic N) is 3. The molecule has 1 aliphatic rings. The molecule has 0 amide bonds. The Bertz CT molecular complexity index is 1290. The van der Waals surface area contributed by atoms with Gasteiger partial charge in [-0.05, 0) is 56.5 Å². The fraction of sp³-hybridized carbons (Fsp3) is 0.333. The predicted octanol–water partition coefficient (Wildman–Crippen LogP) is 4.85. The molecule has 190 valence electrons. The average Bonchev–Trinajstić information content (AvgIpc) is 2.88. The first-order valence-electron chi connectivity index (χ1n) is 12.1. The van der Waals surface area contributed by atoms with Crippen LogP contribution in [-0.2, 0) is 16.4 Å². The van der Waals surface area contributed by atoms with Crippen LogP contribution < -0.4 is 10.2 Å². The molecule has 0 saturated carbocycles. The number of nitro benzene ring substituents is 1. The van der Waals surface area contributed by atoms with Crippen LogP contribution in [0.2, 0.25) is 0 Å². The van der Waals surface area contributed by atoms with Gasteiger partial charge in [0.15, 0.2) is 0 Å². The number of sulfonamides is 1. The van der Waals surface area contributed by atoms with E-state index in [-0.39, 0.29) is 16.7 Å². The summed E-state index contributed by atoms with van der Waals surface area (Å²) in [4.78, 5) is 13.7. The summed E-state index contributed by atoms with van der Waals surface area (Å²) >= 11 is 0. The van der Waals surface area contributed by atoms with Gasteiger partial charge in [0, 0.05) is 44.0 Å².